The van der Waals surface area contributed by atoms with Gasteiger partial charge in [0.25, 0.3) is 0 Å². The van der Waals surface area contributed by atoms with E-state index >= 15 is 0 Å². The molecule has 1 aromatic heterocycles. The molecule has 0 N–H and O–H groups in total. The molecular formula is C9H16ClN3. The molecule has 0 aromatic carbocycles. The third kappa shape index (κ3) is 2.44. The van der Waals surface area contributed by atoms with Crippen molar-refractivity contribution >= 4 is 11.6 Å². The van der Waals surface area contributed by atoms with Crippen molar-refractivity contribution in [1.82, 2.24) is 14.8 Å². The lowest BCUT2D eigenvalue weighted by molar-refractivity contribution is 0.498. The quantitative estimate of drug-likeness (QED) is 0.753. The normalized spacial score (nSPS) is 11.6. The average Bonchev–Trinajstić information content (AvgIpc) is 2.32. The number of halogens is 1. The fraction of sp³-hybridized carbons (Fsp3) is 0.778. The maximum Gasteiger partial charge on any atom is 0.225 e. The predicted octanol–water partition coefficient (Wildman–Crippen LogP) is 2.71. The second kappa shape index (κ2) is 4.09. The summed E-state index contributed by atoms with van der Waals surface area (Å²) in [5.74, 6) is 1.91. The number of aromatic nitrogens is 3. The van der Waals surface area contributed by atoms with Gasteiger partial charge in [0.05, 0.1) is 0 Å². The van der Waals surface area contributed by atoms with E-state index in [0.29, 0.717) is 17.1 Å². The summed E-state index contributed by atoms with van der Waals surface area (Å²) in [6, 6.07) is 0. The summed E-state index contributed by atoms with van der Waals surface area (Å²) < 4.78 is 1.98. The summed E-state index contributed by atoms with van der Waals surface area (Å²) in [6.45, 7) is 9.38. The van der Waals surface area contributed by atoms with Gasteiger partial charge in [-0.2, -0.15) is 0 Å². The first-order valence-corrected chi connectivity index (χ1v) is 4.98. The summed E-state index contributed by atoms with van der Waals surface area (Å²) in [7, 11) is 0. The van der Waals surface area contributed by atoms with Gasteiger partial charge in [-0.05, 0) is 17.5 Å². The molecule has 0 fully saturated rings. The van der Waals surface area contributed by atoms with Crippen molar-refractivity contribution < 1.29 is 0 Å². The number of nitrogens with zero attached hydrogens (tertiary/aromatic N) is 3. The molecule has 74 valence electrons. The van der Waals surface area contributed by atoms with Crippen LogP contribution in [-0.2, 0) is 6.54 Å². The molecular weight excluding hydrogens is 186 g/mol. The van der Waals surface area contributed by atoms with Crippen LogP contribution >= 0.6 is 11.6 Å². The van der Waals surface area contributed by atoms with Crippen LogP contribution in [0.1, 0.15) is 39.4 Å². The average molecular weight is 202 g/mol. The van der Waals surface area contributed by atoms with Crippen molar-refractivity contribution in [2.24, 2.45) is 5.92 Å². The van der Waals surface area contributed by atoms with Crippen molar-refractivity contribution in [2.45, 2.75) is 40.2 Å². The summed E-state index contributed by atoms with van der Waals surface area (Å²) in [4.78, 5) is 0. The lowest BCUT2D eigenvalue weighted by Gasteiger charge is -2.11. The highest BCUT2D eigenvalue weighted by Gasteiger charge is 2.13. The van der Waals surface area contributed by atoms with Crippen molar-refractivity contribution in [3.05, 3.63) is 11.1 Å². The summed E-state index contributed by atoms with van der Waals surface area (Å²) in [5, 5.41) is 8.42. The Morgan fingerprint density at radius 2 is 1.85 bits per heavy atom. The Bertz CT molecular complexity index is 278. The molecule has 0 saturated carbocycles. The van der Waals surface area contributed by atoms with Gasteiger partial charge in [0.2, 0.25) is 5.28 Å². The first-order chi connectivity index (χ1) is 6.02. The number of hydrogen-bond acceptors (Lipinski definition) is 2. The van der Waals surface area contributed by atoms with Gasteiger partial charge in [-0.25, -0.2) is 0 Å². The molecule has 0 atom stereocenters. The highest BCUT2D eigenvalue weighted by molar-refractivity contribution is 6.28. The predicted molar refractivity (Wildman–Crippen MR) is 54.0 cm³/mol. The van der Waals surface area contributed by atoms with E-state index in [1.165, 1.54) is 0 Å². The second-order valence-corrected chi connectivity index (χ2v) is 4.32. The lowest BCUT2D eigenvalue weighted by atomic mass is 10.2. The summed E-state index contributed by atoms with van der Waals surface area (Å²) in [5.41, 5.74) is 0. The molecule has 1 aromatic rings. The minimum Gasteiger partial charge on any atom is -0.301 e. The van der Waals surface area contributed by atoms with E-state index in [4.69, 9.17) is 11.6 Å². The highest BCUT2D eigenvalue weighted by Crippen LogP contribution is 2.17. The minimum atomic E-state index is 0.374. The number of rotatable bonds is 3. The van der Waals surface area contributed by atoms with Gasteiger partial charge in [-0.3, -0.25) is 0 Å². The molecule has 0 aliphatic heterocycles. The van der Waals surface area contributed by atoms with Crippen LogP contribution in [0.2, 0.25) is 5.28 Å². The first-order valence-electron chi connectivity index (χ1n) is 4.61. The van der Waals surface area contributed by atoms with E-state index in [-0.39, 0.29) is 0 Å². The molecule has 13 heavy (non-hydrogen) atoms. The Morgan fingerprint density at radius 1 is 1.23 bits per heavy atom. The third-order valence-corrected chi connectivity index (χ3v) is 2.08. The molecule has 0 aliphatic carbocycles. The lowest BCUT2D eigenvalue weighted by Crippen LogP contribution is -2.09. The van der Waals surface area contributed by atoms with E-state index in [0.717, 1.165) is 12.4 Å². The molecule has 4 heteroatoms. The monoisotopic (exact) mass is 201 g/mol. The van der Waals surface area contributed by atoms with E-state index in [1.54, 1.807) is 0 Å². The zero-order chi connectivity index (χ0) is 10.0. The maximum absolute atomic E-state index is 5.92. The SMILES string of the molecule is CC(C)Cn1c(Cl)nnc1C(C)C. The summed E-state index contributed by atoms with van der Waals surface area (Å²) >= 11 is 5.92. The van der Waals surface area contributed by atoms with Crippen LogP contribution in [0, 0.1) is 5.92 Å². The Hall–Kier alpha value is -0.570. The van der Waals surface area contributed by atoms with E-state index in [9.17, 15) is 0 Å². The van der Waals surface area contributed by atoms with Crippen molar-refractivity contribution in [2.75, 3.05) is 0 Å². The van der Waals surface area contributed by atoms with Crippen molar-refractivity contribution in [3.63, 3.8) is 0 Å². The second-order valence-electron chi connectivity index (χ2n) is 3.99. The zero-order valence-electron chi connectivity index (χ0n) is 8.58. The van der Waals surface area contributed by atoms with Gasteiger partial charge >= 0.3 is 0 Å². The first kappa shape index (κ1) is 10.5. The molecule has 0 aliphatic rings. The van der Waals surface area contributed by atoms with Crippen LogP contribution in [0.4, 0.5) is 0 Å². The molecule has 0 radical (unpaired) electrons. The van der Waals surface area contributed by atoms with E-state index in [2.05, 4.69) is 37.9 Å². The summed E-state index contributed by atoms with van der Waals surface area (Å²) in [6.07, 6.45) is 0. The van der Waals surface area contributed by atoms with Gasteiger partial charge in [0, 0.05) is 12.5 Å². The van der Waals surface area contributed by atoms with Crippen LogP contribution in [0.25, 0.3) is 0 Å². The Morgan fingerprint density at radius 3 is 2.31 bits per heavy atom. The van der Waals surface area contributed by atoms with Crippen LogP contribution in [0.5, 0.6) is 0 Å². The van der Waals surface area contributed by atoms with Gasteiger partial charge in [-0.1, -0.05) is 27.7 Å². The van der Waals surface area contributed by atoms with E-state index < -0.39 is 0 Å². The van der Waals surface area contributed by atoms with E-state index in [1.807, 2.05) is 4.57 Å². The fourth-order valence-electron chi connectivity index (χ4n) is 1.26. The molecule has 3 nitrogen and oxygen atoms in total. The molecule has 0 bridgehead atoms. The maximum atomic E-state index is 5.92. The van der Waals surface area contributed by atoms with Crippen LogP contribution in [0.15, 0.2) is 0 Å². The van der Waals surface area contributed by atoms with Gasteiger partial charge < -0.3 is 4.57 Å². The van der Waals surface area contributed by atoms with Crippen molar-refractivity contribution in [3.8, 4) is 0 Å². The molecule has 1 heterocycles. The Kier molecular flexibility index (Phi) is 3.31. The molecule has 0 spiro atoms. The Labute approximate surface area is 84.1 Å². The van der Waals surface area contributed by atoms with Crippen LogP contribution in [0.3, 0.4) is 0 Å². The molecule has 0 amide bonds. The molecule has 0 unspecified atom stereocenters. The Balaban J connectivity index is 2.94. The van der Waals surface area contributed by atoms with Crippen molar-refractivity contribution in [1.29, 1.82) is 0 Å². The molecule has 0 saturated heterocycles. The fourth-order valence-corrected chi connectivity index (χ4v) is 1.45. The van der Waals surface area contributed by atoms with Crippen LogP contribution in [-0.4, -0.2) is 14.8 Å². The highest BCUT2D eigenvalue weighted by atomic mass is 35.5. The minimum absolute atomic E-state index is 0.374. The zero-order valence-corrected chi connectivity index (χ0v) is 9.34. The van der Waals surface area contributed by atoms with Gasteiger partial charge in [-0.15, -0.1) is 10.2 Å². The topological polar surface area (TPSA) is 30.7 Å². The number of hydrogen-bond donors (Lipinski definition) is 0. The van der Waals surface area contributed by atoms with Gasteiger partial charge in [0.15, 0.2) is 0 Å². The standard InChI is InChI=1S/C9H16ClN3/c1-6(2)5-13-8(7(3)4)11-12-9(13)10/h6-7H,5H2,1-4H3. The van der Waals surface area contributed by atoms with Gasteiger partial charge in [0.1, 0.15) is 5.82 Å². The third-order valence-electron chi connectivity index (χ3n) is 1.80. The molecule has 1 rings (SSSR count). The van der Waals surface area contributed by atoms with Crippen LogP contribution < -0.4 is 0 Å². The largest absolute Gasteiger partial charge is 0.301 e. The smallest absolute Gasteiger partial charge is 0.225 e.